The second-order valence-corrected chi connectivity index (χ2v) is 6.45. The standard InChI is InChI=1S/C17H29N3/c1-14(2)11-18-12-15-9-10-17(19-13-15)20(3)16-7-5-4-6-8-16/h9-10,13-14,16,18H,4-8,11-12H2,1-3H3. The molecule has 20 heavy (non-hydrogen) atoms. The van der Waals surface area contributed by atoms with E-state index < -0.39 is 0 Å². The van der Waals surface area contributed by atoms with Gasteiger partial charge in [0.1, 0.15) is 5.82 Å². The Morgan fingerprint density at radius 2 is 2.00 bits per heavy atom. The molecular weight excluding hydrogens is 246 g/mol. The number of anilines is 1. The van der Waals surface area contributed by atoms with Gasteiger partial charge < -0.3 is 10.2 Å². The quantitative estimate of drug-likeness (QED) is 0.860. The molecule has 0 amide bonds. The highest BCUT2D eigenvalue weighted by Crippen LogP contribution is 2.24. The van der Waals surface area contributed by atoms with Gasteiger partial charge in [-0.05, 0) is 36.9 Å². The topological polar surface area (TPSA) is 28.2 Å². The molecule has 1 saturated carbocycles. The number of hydrogen-bond acceptors (Lipinski definition) is 3. The van der Waals surface area contributed by atoms with E-state index >= 15 is 0 Å². The van der Waals surface area contributed by atoms with Crippen molar-refractivity contribution in [3.63, 3.8) is 0 Å². The minimum atomic E-state index is 0.682. The number of aromatic nitrogens is 1. The zero-order valence-electron chi connectivity index (χ0n) is 13.2. The fourth-order valence-corrected chi connectivity index (χ4v) is 2.89. The van der Waals surface area contributed by atoms with Gasteiger partial charge in [-0.25, -0.2) is 4.98 Å². The lowest BCUT2D eigenvalue weighted by atomic mass is 9.94. The van der Waals surface area contributed by atoms with E-state index in [2.05, 4.69) is 48.2 Å². The first-order valence-corrected chi connectivity index (χ1v) is 8.05. The lowest BCUT2D eigenvalue weighted by Gasteiger charge is -2.32. The van der Waals surface area contributed by atoms with Gasteiger partial charge in [0.25, 0.3) is 0 Å². The summed E-state index contributed by atoms with van der Waals surface area (Å²) in [5.41, 5.74) is 1.27. The monoisotopic (exact) mass is 275 g/mol. The van der Waals surface area contributed by atoms with Crippen molar-refractivity contribution in [2.75, 3.05) is 18.5 Å². The number of nitrogens with zero attached hydrogens (tertiary/aromatic N) is 2. The smallest absolute Gasteiger partial charge is 0.128 e. The molecule has 0 aliphatic heterocycles. The number of pyridine rings is 1. The lowest BCUT2D eigenvalue weighted by molar-refractivity contribution is 0.426. The third-order valence-electron chi connectivity index (χ3n) is 4.17. The van der Waals surface area contributed by atoms with Crippen molar-refractivity contribution in [3.05, 3.63) is 23.9 Å². The van der Waals surface area contributed by atoms with Crippen LogP contribution >= 0.6 is 0 Å². The van der Waals surface area contributed by atoms with Crippen molar-refractivity contribution >= 4 is 5.82 Å². The highest BCUT2D eigenvalue weighted by Gasteiger charge is 2.18. The summed E-state index contributed by atoms with van der Waals surface area (Å²) in [5, 5.41) is 3.46. The SMILES string of the molecule is CC(C)CNCc1ccc(N(C)C2CCCCC2)nc1. The maximum atomic E-state index is 4.64. The van der Waals surface area contributed by atoms with E-state index in [0.29, 0.717) is 12.0 Å². The van der Waals surface area contributed by atoms with Crippen LogP contribution in [0, 0.1) is 5.92 Å². The van der Waals surface area contributed by atoms with Crippen LogP contribution in [0.3, 0.4) is 0 Å². The molecule has 3 nitrogen and oxygen atoms in total. The van der Waals surface area contributed by atoms with E-state index in [4.69, 9.17) is 0 Å². The molecule has 112 valence electrons. The van der Waals surface area contributed by atoms with Crippen LogP contribution in [0.25, 0.3) is 0 Å². The van der Waals surface area contributed by atoms with Crippen LogP contribution in [0.15, 0.2) is 18.3 Å². The van der Waals surface area contributed by atoms with Crippen molar-refractivity contribution < 1.29 is 0 Å². The molecule has 1 aliphatic carbocycles. The Hall–Kier alpha value is -1.09. The predicted octanol–water partition coefficient (Wildman–Crippen LogP) is 3.60. The second-order valence-electron chi connectivity index (χ2n) is 6.45. The van der Waals surface area contributed by atoms with Crippen LogP contribution < -0.4 is 10.2 Å². The Balaban J connectivity index is 1.86. The van der Waals surface area contributed by atoms with E-state index in [0.717, 1.165) is 18.9 Å². The molecule has 3 heteroatoms. The molecule has 0 spiro atoms. The van der Waals surface area contributed by atoms with Crippen molar-refractivity contribution in [2.24, 2.45) is 5.92 Å². The van der Waals surface area contributed by atoms with Gasteiger partial charge in [-0.1, -0.05) is 39.2 Å². The molecule has 0 atom stereocenters. The molecule has 0 aromatic carbocycles. The van der Waals surface area contributed by atoms with Crippen molar-refractivity contribution in [3.8, 4) is 0 Å². The van der Waals surface area contributed by atoms with Crippen LogP contribution in [0.5, 0.6) is 0 Å². The molecule has 2 rings (SSSR count). The molecule has 0 bridgehead atoms. The van der Waals surface area contributed by atoms with Gasteiger partial charge in [0.15, 0.2) is 0 Å². The third-order valence-corrected chi connectivity index (χ3v) is 4.17. The fourth-order valence-electron chi connectivity index (χ4n) is 2.89. The van der Waals surface area contributed by atoms with Gasteiger partial charge in [-0.3, -0.25) is 0 Å². The molecule has 1 heterocycles. The van der Waals surface area contributed by atoms with E-state index in [1.165, 1.54) is 37.7 Å². The normalized spacial score (nSPS) is 16.6. The molecule has 1 aromatic heterocycles. The molecule has 1 fully saturated rings. The Morgan fingerprint density at radius 1 is 1.25 bits per heavy atom. The zero-order chi connectivity index (χ0) is 14.4. The average Bonchev–Trinajstić information content (AvgIpc) is 2.48. The van der Waals surface area contributed by atoms with Crippen LogP contribution in [-0.4, -0.2) is 24.6 Å². The first kappa shape index (κ1) is 15.3. The summed E-state index contributed by atoms with van der Waals surface area (Å²) in [4.78, 5) is 7.00. The molecular formula is C17H29N3. The molecule has 0 unspecified atom stereocenters. The number of hydrogen-bond donors (Lipinski definition) is 1. The molecule has 1 aromatic rings. The largest absolute Gasteiger partial charge is 0.357 e. The molecule has 0 saturated heterocycles. The van der Waals surface area contributed by atoms with Crippen molar-refractivity contribution in [1.82, 2.24) is 10.3 Å². The Bertz CT molecular complexity index is 380. The highest BCUT2D eigenvalue weighted by atomic mass is 15.2. The van der Waals surface area contributed by atoms with Gasteiger partial charge in [0, 0.05) is 25.8 Å². The van der Waals surface area contributed by atoms with E-state index in [9.17, 15) is 0 Å². The van der Waals surface area contributed by atoms with Crippen LogP contribution in [0.1, 0.15) is 51.5 Å². The predicted molar refractivity (Wildman–Crippen MR) is 86.1 cm³/mol. The van der Waals surface area contributed by atoms with Gasteiger partial charge >= 0.3 is 0 Å². The number of rotatable bonds is 6. The lowest BCUT2D eigenvalue weighted by Crippen LogP contribution is -2.33. The fraction of sp³-hybridized carbons (Fsp3) is 0.706. The van der Waals surface area contributed by atoms with Crippen LogP contribution in [0.2, 0.25) is 0 Å². The maximum absolute atomic E-state index is 4.64. The Morgan fingerprint density at radius 3 is 2.60 bits per heavy atom. The molecule has 0 radical (unpaired) electrons. The van der Waals surface area contributed by atoms with Gasteiger partial charge in [0.05, 0.1) is 0 Å². The van der Waals surface area contributed by atoms with Crippen LogP contribution in [-0.2, 0) is 6.54 Å². The average molecular weight is 275 g/mol. The zero-order valence-corrected chi connectivity index (χ0v) is 13.2. The van der Waals surface area contributed by atoms with E-state index in [1.807, 2.05) is 6.20 Å². The molecule has 1 aliphatic rings. The van der Waals surface area contributed by atoms with Gasteiger partial charge in [-0.15, -0.1) is 0 Å². The van der Waals surface area contributed by atoms with Gasteiger partial charge in [-0.2, -0.15) is 0 Å². The Kier molecular flexibility index (Phi) is 5.84. The number of nitrogens with one attached hydrogen (secondary N) is 1. The Labute approximate surface area is 123 Å². The highest BCUT2D eigenvalue weighted by molar-refractivity contribution is 5.39. The second kappa shape index (κ2) is 7.63. The maximum Gasteiger partial charge on any atom is 0.128 e. The first-order chi connectivity index (χ1) is 9.66. The summed E-state index contributed by atoms with van der Waals surface area (Å²) in [6, 6.07) is 5.05. The minimum absolute atomic E-state index is 0.682. The van der Waals surface area contributed by atoms with Crippen LogP contribution in [0.4, 0.5) is 5.82 Å². The first-order valence-electron chi connectivity index (χ1n) is 8.05. The summed E-state index contributed by atoms with van der Waals surface area (Å²) < 4.78 is 0. The minimum Gasteiger partial charge on any atom is -0.357 e. The van der Waals surface area contributed by atoms with E-state index in [-0.39, 0.29) is 0 Å². The summed E-state index contributed by atoms with van der Waals surface area (Å²) in [5.74, 6) is 1.81. The molecule has 1 N–H and O–H groups in total. The third kappa shape index (κ3) is 4.48. The summed E-state index contributed by atoms with van der Waals surface area (Å²) in [7, 11) is 2.19. The van der Waals surface area contributed by atoms with Crippen molar-refractivity contribution in [1.29, 1.82) is 0 Å². The van der Waals surface area contributed by atoms with Crippen molar-refractivity contribution in [2.45, 2.75) is 58.5 Å². The summed E-state index contributed by atoms with van der Waals surface area (Å²) in [6.45, 7) is 6.43. The summed E-state index contributed by atoms with van der Waals surface area (Å²) >= 11 is 0. The van der Waals surface area contributed by atoms with Gasteiger partial charge in [0.2, 0.25) is 0 Å². The van der Waals surface area contributed by atoms with E-state index in [1.54, 1.807) is 0 Å². The summed E-state index contributed by atoms with van der Waals surface area (Å²) in [6.07, 6.45) is 8.78.